The number of nitrogens with zero attached hydrogens (tertiary/aromatic N) is 3. The Morgan fingerprint density at radius 1 is 1.39 bits per heavy atom. The van der Waals surface area contributed by atoms with Crippen molar-refractivity contribution in [2.24, 2.45) is 10.9 Å². The van der Waals surface area contributed by atoms with E-state index in [1.807, 2.05) is 0 Å². The minimum atomic E-state index is -1.38. The average molecular weight is 523 g/mol. The highest BCUT2D eigenvalue weighted by molar-refractivity contribution is 8.00. The van der Waals surface area contributed by atoms with Crippen LogP contribution >= 0.6 is 35.5 Å². The third kappa shape index (κ3) is 5.65. The summed E-state index contributed by atoms with van der Waals surface area (Å²) >= 11 is 2.24. The van der Waals surface area contributed by atoms with Gasteiger partial charge in [0, 0.05) is 16.7 Å². The topological polar surface area (TPSA) is 220 Å². The van der Waals surface area contributed by atoms with Crippen LogP contribution < -0.4 is 16.8 Å². The van der Waals surface area contributed by atoms with Gasteiger partial charge in [-0.25, -0.2) is 14.6 Å². The quantitative estimate of drug-likeness (QED) is 0.111. The molecule has 1 aromatic heterocycles. The molecule has 1 unspecified atom stereocenters. The van der Waals surface area contributed by atoms with E-state index in [0.29, 0.717) is 0 Å². The zero-order chi connectivity index (χ0) is 23.4. The van der Waals surface area contributed by atoms with Crippen molar-refractivity contribution in [2.75, 3.05) is 31.3 Å². The third-order valence-electron chi connectivity index (χ3n) is 4.24. The Morgan fingerprint density at radius 2 is 2.12 bits per heavy atom. The predicted molar refractivity (Wildman–Crippen MR) is 119 cm³/mol. The summed E-state index contributed by atoms with van der Waals surface area (Å²) in [5.41, 5.74) is 10.2. The number of aromatic nitrogens is 1. The highest BCUT2D eigenvalue weighted by Gasteiger charge is 2.54. The normalized spacial score (nSPS) is 19.7. The lowest BCUT2D eigenvalue weighted by atomic mass is 10.0. The summed E-state index contributed by atoms with van der Waals surface area (Å²) in [6.07, 6.45) is -1.08. The first kappa shape index (κ1) is 26.2. The van der Waals surface area contributed by atoms with Gasteiger partial charge in [-0.2, -0.15) is 0 Å². The Balaban J connectivity index is 0.00000385. The molecule has 0 aromatic carbocycles. The largest absolute Gasteiger partial charge is 0.477 e. The second kappa shape index (κ2) is 11.2. The van der Waals surface area contributed by atoms with Gasteiger partial charge in [-0.05, 0) is 0 Å². The van der Waals surface area contributed by atoms with E-state index in [1.54, 1.807) is 0 Å². The number of thiazole rings is 1. The van der Waals surface area contributed by atoms with Gasteiger partial charge < -0.3 is 36.6 Å². The molecule has 2 aliphatic rings. The number of anilines is 1. The number of carbonyl (C=O) groups is 4. The van der Waals surface area contributed by atoms with Crippen molar-refractivity contribution in [1.82, 2.24) is 15.2 Å². The number of carbonyl (C=O) groups excluding carboxylic acids is 3. The Kier molecular flexibility index (Phi) is 8.86. The van der Waals surface area contributed by atoms with Crippen molar-refractivity contribution in [2.45, 2.75) is 11.4 Å². The van der Waals surface area contributed by atoms with Crippen LogP contribution in [0.3, 0.4) is 0 Å². The monoisotopic (exact) mass is 522 g/mol. The highest BCUT2D eigenvalue weighted by atomic mass is 35.5. The number of thioether (sulfide) groups is 1. The van der Waals surface area contributed by atoms with Crippen LogP contribution in [0.15, 0.2) is 21.8 Å². The van der Waals surface area contributed by atoms with Crippen molar-refractivity contribution in [3.05, 3.63) is 22.3 Å². The predicted octanol–water partition coefficient (Wildman–Crippen LogP) is -1.31. The van der Waals surface area contributed by atoms with Crippen LogP contribution in [0.25, 0.3) is 0 Å². The van der Waals surface area contributed by atoms with Crippen LogP contribution in [-0.2, 0) is 24.0 Å². The molecule has 14 nitrogen and oxygen atoms in total. The fourth-order valence-electron chi connectivity index (χ4n) is 2.91. The molecule has 0 bridgehead atoms. The van der Waals surface area contributed by atoms with Gasteiger partial charge in [-0.1, -0.05) is 5.16 Å². The van der Waals surface area contributed by atoms with Gasteiger partial charge in [0.15, 0.2) is 10.8 Å². The second-order valence-electron chi connectivity index (χ2n) is 6.29. The molecule has 2 atom stereocenters. The van der Waals surface area contributed by atoms with Gasteiger partial charge >= 0.3 is 12.1 Å². The van der Waals surface area contributed by atoms with Crippen molar-refractivity contribution in [3.63, 3.8) is 0 Å². The van der Waals surface area contributed by atoms with E-state index in [-0.39, 0.29) is 65.8 Å². The lowest BCUT2D eigenvalue weighted by Gasteiger charge is -2.49. The maximum absolute atomic E-state index is 12.8. The van der Waals surface area contributed by atoms with E-state index >= 15 is 0 Å². The molecule has 17 heteroatoms. The first-order chi connectivity index (χ1) is 15.2. The fourth-order valence-corrected chi connectivity index (χ4v) is 4.79. The van der Waals surface area contributed by atoms with Crippen molar-refractivity contribution in [1.29, 1.82) is 0 Å². The van der Waals surface area contributed by atoms with Crippen molar-refractivity contribution >= 4 is 70.2 Å². The highest BCUT2D eigenvalue weighted by Crippen LogP contribution is 2.40. The summed E-state index contributed by atoms with van der Waals surface area (Å²) in [5, 5.41) is 25.5. The number of halogens is 1. The summed E-state index contributed by atoms with van der Waals surface area (Å²) in [4.78, 5) is 57.9. The molecule has 3 rings (SSSR count). The van der Waals surface area contributed by atoms with E-state index < -0.39 is 35.3 Å². The lowest BCUT2D eigenvalue weighted by molar-refractivity contribution is -0.150. The zero-order valence-electron chi connectivity index (χ0n) is 16.6. The van der Waals surface area contributed by atoms with Crippen molar-refractivity contribution in [3.8, 4) is 0 Å². The van der Waals surface area contributed by atoms with Crippen LogP contribution in [0, 0.1) is 0 Å². The number of β-lactam (4-membered cyclic amide) rings is 1. The number of oxime groups is 1. The van der Waals surface area contributed by atoms with Gasteiger partial charge in [0.2, 0.25) is 0 Å². The Bertz CT molecular complexity index is 1010. The number of aliphatic carboxylic acids is 1. The number of nitrogens with one attached hydrogen (secondary N) is 1. The number of aliphatic hydroxyl groups excluding tert-OH is 1. The van der Waals surface area contributed by atoms with E-state index in [4.69, 9.17) is 21.4 Å². The van der Waals surface area contributed by atoms with E-state index in [9.17, 15) is 24.3 Å². The minimum absolute atomic E-state index is 0. The average Bonchev–Trinajstić information content (AvgIpc) is 3.18. The number of hydrogen-bond acceptors (Lipinski definition) is 12. The molecule has 0 aliphatic carbocycles. The molecule has 180 valence electrons. The number of fused-ring (bicyclic) bond motifs is 1. The molecular weight excluding hydrogens is 504 g/mol. The van der Waals surface area contributed by atoms with Crippen LogP contribution in [0.5, 0.6) is 0 Å². The third-order valence-corrected chi connectivity index (χ3v) is 6.26. The molecular formula is C16H19ClN6O8S2. The summed E-state index contributed by atoms with van der Waals surface area (Å²) < 4.78 is 4.66. The fraction of sp³-hybridized carbons (Fsp3) is 0.375. The number of rotatable bonds is 9. The number of nitrogen functional groups attached to an aromatic ring is 1. The molecule has 2 aliphatic heterocycles. The van der Waals surface area contributed by atoms with Crippen molar-refractivity contribution < 1.29 is 39.0 Å². The van der Waals surface area contributed by atoms with E-state index in [2.05, 4.69) is 20.2 Å². The summed E-state index contributed by atoms with van der Waals surface area (Å²) in [7, 11) is 0. The molecule has 3 amide bonds. The van der Waals surface area contributed by atoms with Crippen LogP contribution in [0.1, 0.15) is 5.69 Å². The summed E-state index contributed by atoms with van der Waals surface area (Å²) in [6.45, 7) is -0.881. The number of aliphatic hydroxyl groups is 1. The molecule has 7 N–H and O–H groups in total. The Morgan fingerprint density at radius 3 is 2.70 bits per heavy atom. The molecule has 0 saturated carbocycles. The van der Waals surface area contributed by atoms with E-state index in [1.165, 1.54) is 17.1 Å². The minimum Gasteiger partial charge on any atom is -0.477 e. The Hall–Kier alpha value is -3.08. The number of nitrogens with two attached hydrogens (primary N) is 2. The van der Waals surface area contributed by atoms with Gasteiger partial charge in [0.25, 0.3) is 11.8 Å². The van der Waals surface area contributed by atoms with Crippen LogP contribution in [0.4, 0.5) is 9.93 Å². The number of hydrogen-bond donors (Lipinski definition) is 5. The number of carboxylic acids is 1. The van der Waals surface area contributed by atoms with Gasteiger partial charge in [0.05, 0.1) is 6.61 Å². The van der Waals surface area contributed by atoms with Crippen LogP contribution in [0.2, 0.25) is 0 Å². The first-order valence-corrected chi connectivity index (χ1v) is 10.8. The molecule has 0 spiro atoms. The van der Waals surface area contributed by atoms with Gasteiger partial charge in [0.1, 0.15) is 36.0 Å². The van der Waals surface area contributed by atoms with E-state index in [0.717, 1.165) is 16.2 Å². The smallest absolute Gasteiger partial charge is 0.404 e. The lowest BCUT2D eigenvalue weighted by Crippen LogP contribution is -2.71. The standard InChI is InChI=1S/C16H18N6O8S2.ClH/c17-15-19-7(5-32-15)8(21-30-2-1-23)11(24)20-9-12(25)22-10(14(26)27)6(3-29-16(18)28)4-31-13(9)22;/h5,9,13,23H,1-4H2,(H2,17,19)(H2,18,28)(H,20,24)(H,26,27);1H/t9?,13-;/m0./s1. The number of amides is 3. The SMILES string of the molecule is Cl.NC(=O)OCC1=C(C(=O)O)N2C(=O)C(NC(=O)C(=NOCCO)c3csc(N)n3)[C@@H]2SC1. The number of ether oxygens (including phenoxy) is 1. The molecule has 3 heterocycles. The zero-order valence-corrected chi connectivity index (χ0v) is 19.1. The molecule has 0 radical (unpaired) electrons. The number of primary amides is 1. The van der Waals surface area contributed by atoms with Gasteiger partial charge in [-0.3, -0.25) is 14.5 Å². The van der Waals surface area contributed by atoms with Gasteiger partial charge in [-0.15, -0.1) is 35.5 Å². The summed E-state index contributed by atoms with van der Waals surface area (Å²) in [5.74, 6) is -2.71. The van der Waals surface area contributed by atoms with Crippen LogP contribution in [-0.4, -0.2) is 86.7 Å². The number of carboxylic acid groups (broad SMARTS) is 1. The molecule has 1 saturated heterocycles. The maximum Gasteiger partial charge on any atom is 0.404 e. The maximum atomic E-state index is 12.8. The second-order valence-corrected chi connectivity index (χ2v) is 8.29. The molecule has 1 aromatic rings. The summed E-state index contributed by atoms with van der Waals surface area (Å²) in [6, 6.07) is -1.04. The Labute approximate surface area is 200 Å². The first-order valence-electron chi connectivity index (χ1n) is 8.89. The molecule has 1 fully saturated rings. The molecule has 33 heavy (non-hydrogen) atoms.